The van der Waals surface area contributed by atoms with Gasteiger partial charge in [-0.1, -0.05) is 18.2 Å². The van der Waals surface area contributed by atoms with E-state index in [1.165, 1.54) is 0 Å². The summed E-state index contributed by atoms with van der Waals surface area (Å²) in [5.74, 6) is 0.217. The number of carbonyl (C=O) groups excluding carboxylic acids is 4. The Balaban J connectivity index is 1.27. The van der Waals surface area contributed by atoms with Gasteiger partial charge in [0, 0.05) is 18.4 Å². The number of imide groups is 1. The third-order valence-corrected chi connectivity index (χ3v) is 5.39. The van der Waals surface area contributed by atoms with E-state index in [9.17, 15) is 19.2 Å². The minimum absolute atomic E-state index is 0.0272. The third kappa shape index (κ3) is 6.47. The van der Waals surface area contributed by atoms with Crippen molar-refractivity contribution in [3.8, 4) is 5.75 Å². The van der Waals surface area contributed by atoms with Crippen LogP contribution in [0.2, 0.25) is 0 Å². The van der Waals surface area contributed by atoms with Crippen LogP contribution in [-0.2, 0) is 14.4 Å². The second kappa shape index (κ2) is 10.6. The van der Waals surface area contributed by atoms with Crippen molar-refractivity contribution in [1.29, 1.82) is 0 Å². The molecule has 9 nitrogen and oxygen atoms in total. The van der Waals surface area contributed by atoms with Crippen LogP contribution in [0.3, 0.4) is 0 Å². The summed E-state index contributed by atoms with van der Waals surface area (Å²) in [6.45, 7) is 0.871. The second-order valence-corrected chi connectivity index (χ2v) is 7.62. The maximum absolute atomic E-state index is 12.3. The smallest absolute Gasteiger partial charge is 0.322 e. The minimum atomic E-state index is -0.645. The Morgan fingerprint density at radius 3 is 2.47 bits per heavy atom. The average molecular weight is 416 g/mol. The highest BCUT2D eigenvalue weighted by Gasteiger charge is 2.30. The fourth-order valence-electron chi connectivity index (χ4n) is 3.74. The van der Waals surface area contributed by atoms with Crippen LogP contribution in [0.5, 0.6) is 5.75 Å². The van der Waals surface area contributed by atoms with Crippen LogP contribution in [-0.4, -0.2) is 49.0 Å². The molecule has 5 amide bonds. The lowest BCUT2D eigenvalue weighted by Crippen LogP contribution is -2.42. The minimum Gasteiger partial charge on any atom is -0.492 e. The molecule has 0 bridgehead atoms. The van der Waals surface area contributed by atoms with Crippen LogP contribution >= 0.6 is 0 Å². The van der Waals surface area contributed by atoms with Gasteiger partial charge in [-0.05, 0) is 44.2 Å². The quantitative estimate of drug-likeness (QED) is 0.351. The van der Waals surface area contributed by atoms with Gasteiger partial charge < -0.3 is 20.7 Å². The number of carbonyl (C=O) groups is 4. The van der Waals surface area contributed by atoms with E-state index < -0.39 is 18.0 Å². The summed E-state index contributed by atoms with van der Waals surface area (Å²) in [6, 6.07) is 8.33. The fraction of sp³-hybridized carbons (Fsp3) is 0.524. The summed E-state index contributed by atoms with van der Waals surface area (Å²) in [6.07, 6.45) is 3.36. The molecule has 1 atom stereocenters. The molecule has 1 heterocycles. The molecule has 1 aliphatic heterocycles. The molecule has 0 unspecified atom stereocenters. The van der Waals surface area contributed by atoms with Gasteiger partial charge in [0.15, 0.2) is 0 Å². The van der Waals surface area contributed by atoms with Crippen molar-refractivity contribution < 1.29 is 23.9 Å². The maximum Gasteiger partial charge on any atom is 0.322 e. The molecule has 1 aromatic carbocycles. The summed E-state index contributed by atoms with van der Waals surface area (Å²) in [5.41, 5.74) is 0. The molecule has 2 fully saturated rings. The Kier molecular flexibility index (Phi) is 7.64. The standard InChI is InChI=1S/C21H28N4O5/c26-18(11-10-17-20(28)25-21(29)24-17)23-15-8-6-14(7-9-15)19(27)22-12-13-30-16-4-2-1-3-5-16/h1-5,14-15,17H,6-13H2,(H,22,27)(H,23,26)(H2,24,25,28,29)/t14?,15?,17-/m0/s1. The van der Waals surface area contributed by atoms with E-state index in [4.69, 9.17) is 4.74 Å². The van der Waals surface area contributed by atoms with Crippen LogP contribution in [0.15, 0.2) is 30.3 Å². The van der Waals surface area contributed by atoms with Crippen molar-refractivity contribution in [3.63, 3.8) is 0 Å². The molecule has 0 spiro atoms. The molecule has 1 saturated carbocycles. The maximum atomic E-state index is 12.3. The van der Waals surface area contributed by atoms with Gasteiger partial charge in [0.1, 0.15) is 18.4 Å². The molecule has 9 heteroatoms. The Labute approximate surface area is 175 Å². The number of hydrogen-bond donors (Lipinski definition) is 4. The van der Waals surface area contributed by atoms with Crippen LogP contribution < -0.4 is 26.0 Å². The first-order chi connectivity index (χ1) is 14.5. The van der Waals surface area contributed by atoms with Gasteiger partial charge >= 0.3 is 6.03 Å². The Morgan fingerprint density at radius 2 is 1.80 bits per heavy atom. The number of nitrogens with one attached hydrogen (secondary N) is 4. The normalized spacial score (nSPS) is 23.3. The second-order valence-electron chi connectivity index (χ2n) is 7.62. The van der Waals surface area contributed by atoms with Gasteiger partial charge in [0.05, 0.1) is 6.54 Å². The van der Waals surface area contributed by atoms with Crippen molar-refractivity contribution >= 4 is 23.8 Å². The lowest BCUT2D eigenvalue weighted by atomic mass is 9.85. The van der Waals surface area contributed by atoms with Gasteiger partial charge in [-0.3, -0.25) is 19.7 Å². The Bertz CT molecular complexity index is 762. The van der Waals surface area contributed by atoms with Crippen molar-refractivity contribution in [3.05, 3.63) is 30.3 Å². The van der Waals surface area contributed by atoms with E-state index >= 15 is 0 Å². The predicted molar refractivity (Wildman–Crippen MR) is 109 cm³/mol. The van der Waals surface area contributed by atoms with Crippen molar-refractivity contribution in [2.45, 2.75) is 50.6 Å². The number of rotatable bonds is 9. The van der Waals surface area contributed by atoms with E-state index in [1.807, 2.05) is 30.3 Å². The van der Waals surface area contributed by atoms with E-state index in [0.29, 0.717) is 13.2 Å². The lowest BCUT2D eigenvalue weighted by Gasteiger charge is -2.28. The molecular formula is C21H28N4O5. The first kappa shape index (κ1) is 21.6. The van der Waals surface area contributed by atoms with Gasteiger partial charge in [-0.25, -0.2) is 4.79 Å². The number of hydrogen-bond acceptors (Lipinski definition) is 5. The molecule has 4 N–H and O–H groups in total. The van der Waals surface area contributed by atoms with Crippen LogP contribution in [0.4, 0.5) is 4.79 Å². The first-order valence-corrected chi connectivity index (χ1v) is 10.4. The van der Waals surface area contributed by atoms with Crippen LogP contribution in [0, 0.1) is 5.92 Å². The molecule has 3 rings (SSSR count). The SMILES string of the molecule is O=C(CC[C@@H]1NC(=O)NC1=O)NC1CCC(C(=O)NCCOc2ccccc2)CC1. The van der Waals surface area contributed by atoms with Crippen LogP contribution in [0.1, 0.15) is 38.5 Å². The largest absolute Gasteiger partial charge is 0.492 e. The number of amides is 5. The topological polar surface area (TPSA) is 126 Å². The summed E-state index contributed by atoms with van der Waals surface area (Å²) in [5, 5.41) is 10.5. The highest BCUT2D eigenvalue weighted by atomic mass is 16.5. The molecular weight excluding hydrogens is 388 g/mol. The number of urea groups is 1. The predicted octanol–water partition coefficient (Wildman–Crippen LogP) is 0.845. The van der Waals surface area contributed by atoms with E-state index in [0.717, 1.165) is 31.4 Å². The highest BCUT2D eigenvalue weighted by Crippen LogP contribution is 2.24. The summed E-state index contributed by atoms with van der Waals surface area (Å²) in [4.78, 5) is 47.0. The molecule has 162 valence electrons. The molecule has 30 heavy (non-hydrogen) atoms. The Hall–Kier alpha value is -3.10. The van der Waals surface area contributed by atoms with Crippen molar-refractivity contribution in [2.24, 2.45) is 5.92 Å². The zero-order valence-corrected chi connectivity index (χ0v) is 16.8. The molecule has 0 radical (unpaired) electrons. The van der Waals surface area contributed by atoms with Crippen molar-refractivity contribution in [2.75, 3.05) is 13.2 Å². The summed E-state index contributed by atoms with van der Waals surface area (Å²) in [7, 11) is 0. The Morgan fingerprint density at radius 1 is 1.07 bits per heavy atom. The molecule has 1 saturated heterocycles. The zero-order chi connectivity index (χ0) is 21.3. The number of ether oxygens (including phenoxy) is 1. The molecule has 1 aromatic rings. The third-order valence-electron chi connectivity index (χ3n) is 5.39. The monoisotopic (exact) mass is 416 g/mol. The van der Waals surface area contributed by atoms with E-state index in [-0.39, 0.29) is 36.6 Å². The number of benzene rings is 1. The van der Waals surface area contributed by atoms with Gasteiger partial charge in [0.25, 0.3) is 5.91 Å². The zero-order valence-electron chi connectivity index (χ0n) is 16.8. The summed E-state index contributed by atoms with van der Waals surface area (Å²) >= 11 is 0. The number of para-hydroxylation sites is 1. The highest BCUT2D eigenvalue weighted by molar-refractivity contribution is 6.04. The fourth-order valence-corrected chi connectivity index (χ4v) is 3.74. The summed E-state index contributed by atoms with van der Waals surface area (Å²) < 4.78 is 5.57. The van der Waals surface area contributed by atoms with Crippen LogP contribution in [0.25, 0.3) is 0 Å². The van der Waals surface area contributed by atoms with Gasteiger partial charge in [0.2, 0.25) is 11.8 Å². The molecule has 0 aromatic heterocycles. The molecule has 1 aliphatic carbocycles. The first-order valence-electron chi connectivity index (χ1n) is 10.4. The van der Waals surface area contributed by atoms with Crippen molar-refractivity contribution in [1.82, 2.24) is 21.3 Å². The molecule has 2 aliphatic rings. The van der Waals surface area contributed by atoms with E-state index in [1.54, 1.807) is 0 Å². The lowest BCUT2D eigenvalue weighted by molar-refractivity contribution is -0.126. The van der Waals surface area contributed by atoms with Gasteiger partial charge in [-0.2, -0.15) is 0 Å². The van der Waals surface area contributed by atoms with Gasteiger partial charge in [-0.15, -0.1) is 0 Å². The average Bonchev–Trinajstić information content (AvgIpc) is 3.08. The van der Waals surface area contributed by atoms with E-state index in [2.05, 4.69) is 21.3 Å².